The van der Waals surface area contributed by atoms with Crippen LogP contribution in [-0.4, -0.2) is 69.2 Å². The molecule has 9 heteroatoms. The molecule has 2 aliphatic heterocycles. The fourth-order valence-electron chi connectivity index (χ4n) is 4.55. The Hall–Kier alpha value is -3.49. The molecule has 32 heavy (non-hydrogen) atoms. The molecule has 0 aliphatic carbocycles. The van der Waals surface area contributed by atoms with E-state index < -0.39 is 5.54 Å². The number of nitrogens with one attached hydrogen (secondary N) is 2. The lowest BCUT2D eigenvalue weighted by molar-refractivity contribution is -0.132. The molecule has 1 aromatic heterocycles. The molecular weight excluding hydrogens is 408 g/mol. The molecule has 168 valence electrons. The number of carbonyl (C=O) groups is 3. The number of piperidine rings is 1. The highest BCUT2D eigenvalue weighted by Gasteiger charge is 2.47. The van der Waals surface area contributed by atoms with Gasteiger partial charge in [-0.1, -0.05) is 18.2 Å². The van der Waals surface area contributed by atoms with Crippen molar-refractivity contribution in [3.8, 4) is 0 Å². The molecule has 0 bridgehead atoms. The number of carbonyl (C=O) groups excluding carboxylic acids is 3. The van der Waals surface area contributed by atoms with Gasteiger partial charge < -0.3 is 20.4 Å². The minimum atomic E-state index is -0.609. The first kappa shape index (κ1) is 21.7. The third-order valence-corrected chi connectivity index (χ3v) is 6.32. The van der Waals surface area contributed by atoms with Crippen LogP contribution in [0.1, 0.15) is 42.1 Å². The molecule has 2 aromatic rings. The van der Waals surface area contributed by atoms with Gasteiger partial charge in [0.15, 0.2) is 0 Å². The van der Waals surface area contributed by atoms with E-state index >= 15 is 0 Å². The van der Waals surface area contributed by atoms with Gasteiger partial charge in [-0.05, 0) is 30.5 Å². The van der Waals surface area contributed by atoms with Gasteiger partial charge in [-0.25, -0.2) is 9.97 Å². The van der Waals surface area contributed by atoms with Crippen LogP contribution >= 0.6 is 0 Å². The zero-order valence-corrected chi connectivity index (χ0v) is 18.2. The molecule has 4 rings (SSSR count). The monoisotopic (exact) mass is 436 g/mol. The fraction of sp³-hybridized carbons (Fsp3) is 0.435. The lowest BCUT2D eigenvalue weighted by Gasteiger charge is -2.47. The number of rotatable bonds is 7. The Morgan fingerprint density at radius 2 is 1.78 bits per heavy atom. The van der Waals surface area contributed by atoms with E-state index in [1.165, 1.54) is 0 Å². The fourth-order valence-corrected chi connectivity index (χ4v) is 4.55. The van der Waals surface area contributed by atoms with Gasteiger partial charge in [0.1, 0.15) is 0 Å². The second-order valence-electron chi connectivity index (χ2n) is 8.30. The molecule has 0 unspecified atom stereocenters. The Morgan fingerprint density at radius 1 is 1.06 bits per heavy atom. The van der Waals surface area contributed by atoms with E-state index in [1.807, 2.05) is 29.2 Å². The summed E-state index contributed by atoms with van der Waals surface area (Å²) >= 11 is 0. The Morgan fingerprint density at radius 3 is 2.47 bits per heavy atom. The Balaban J connectivity index is 1.41. The number of nitrogens with zero attached hydrogens (tertiary/aromatic N) is 4. The normalized spacial score (nSPS) is 17.1. The largest absolute Gasteiger partial charge is 0.354 e. The third-order valence-electron chi connectivity index (χ3n) is 6.32. The molecule has 9 nitrogen and oxygen atoms in total. The summed E-state index contributed by atoms with van der Waals surface area (Å²) in [6, 6.07) is 9.33. The van der Waals surface area contributed by atoms with E-state index in [2.05, 4.69) is 20.6 Å². The summed E-state index contributed by atoms with van der Waals surface area (Å²) in [7, 11) is 0. The highest BCUT2D eigenvalue weighted by atomic mass is 16.2. The first-order valence-electron chi connectivity index (χ1n) is 10.9. The lowest BCUT2D eigenvalue weighted by Crippen LogP contribution is -2.58. The van der Waals surface area contributed by atoms with Crippen molar-refractivity contribution in [2.75, 3.05) is 31.5 Å². The number of amides is 3. The average molecular weight is 437 g/mol. The zero-order valence-electron chi connectivity index (χ0n) is 18.2. The van der Waals surface area contributed by atoms with Crippen LogP contribution in [0, 0.1) is 0 Å². The summed E-state index contributed by atoms with van der Waals surface area (Å²) in [4.78, 5) is 49.8. The van der Waals surface area contributed by atoms with Gasteiger partial charge in [0, 0.05) is 57.6 Å². The predicted octanol–water partition coefficient (Wildman–Crippen LogP) is 1.43. The van der Waals surface area contributed by atoms with Crippen LogP contribution < -0.4 is 10.6 Å². The van der Waals surface area contributed by atoms with Crippen LogP contribution in [0.4, 0.5) is 5.95 Å². The Labute approximate surface area is 187 Å². The molecule has 0 saturated carbocycles. The number of hydrogen-bond acceptors (Lipinski definition) is 6. The molecule has 2 N–H and O–H groups in total. The van der Waals surface area contributed by atoms with Crippen molar-refractivity contribution >= 4 is 23.7 Å². The van der Waals surface area contributed by atoms with Crippen molar-refractivity contribution in [2.24, 2.45) is 0 Å². The topological polar surface area (TPSA) is 108 Å². The summed E-state index contributed by atoms with van der Waals surface area (Å²) in [5, 5.41) is 6.00. The minimum Gasteiger partial charge on any atom is -0.354 e. The quantitative estimate of drug-likeness (QED) is 0.636. The molecule has 1 aromatic carbocycles. The summed E-state index contributed by atoms with van der Waals surface area (Å²) in [5.74, 6) is 0.386. The molecule has 0 atom stereocenters. The van der Waals surface area contributed by atoms with Crippen molar-refractivity contribution in [3.05, 3.63) is 53.9 Å². The van der Waals surface area contributed by atoms with Crippen molar-refractivity contribution in [3.63, 3.8) is 0 Å². The molecule has 1 fully saturated rings. The van der Waals surface area contributed by atoms with Crippen molar-refractivity contribution in [1.29, 1.82) is 0 Å². The van der Waals surface area contributed by atoms with E-state index in [9.17, 15) is 14.4 Å². The molecular formula is C23H28N6O3. The van der Waals surface area contributed by atoms with Gasteiger partial charge in [-0.2, -0.15) is 0 Å². The molecule has 3 amide bonds. The van der Waals surface area contributed by atoms with Gasteiger partial charge >= 0.3 is 0 Å². The molecule has 1 saturated heterocycles. The van der Waals surface area contributed by atoms with Gasteiger partial charge in [0.05, 0.1) is 12.0 Å². The second-order valence-corrected chi connectivity index (χ2v) is 8.30. The number of hydrogen-bond donors (Lipinski definition) is 2. The minimum absolute atomic E-state index is 0.0216. The number of fused-ring (bicyclic) bond motifs is 1. The smallest absolute Gasteiger partial charge is 0.254 e. The maximum atomic E-state index is 13.2. The first-order valence-corrected chi connectivity index (χ1v) is 10.9. The summed E-state index contributed by atoms with van der Waals surface area (Å²) in [6.07, 6.45) is 4.66. The second kappa shape index (κ2) is 9.33. The SMILES string of the molecule is CC(=O)N1CCC(CC(=O)NCCNc2ncccn2)(N2Cc3ccccc3C2=O)CC1. The van der Waals surface area contributed by atoms with Crippen molar-refractivity contribution in [2.45, 2.75) is 38.3 Å². The van der Waals surface area contributed by atoms with Crippen LogP contribution in [0.15, 0.2) is 42.7 Å². The molecule has 0 radical (unpaired) electrons. The molecule has 3 heterocycles. The number of anilines is 1. The summed E-state index contributed by atoms with van der Waals surface area (Å²) < 4.78 is 0. The van der Waals surface area contributed by atoms with Gasteiger partial charge in [-0.3, -0.25) is 14.4 Å². The molecule has 2 aliphatic rings. The standard InChI is InChI=1S/C23H28N6O3/c1-17(30)28-13-7-23(8-14-28,29-16-18-5-2-3-6-19(18)21(29)32)15-20(31)24-11-12-27-22-25-9-4-10-26-22/h2-6,9-10H,7-8,11-16H2,1H3,(H,24,31)(H,25,26,27). The third kappa shape index (κ3) is 4.56. The van der Waals surface area contributed by atoms with E-state index in [0.29, 0.717) is 57.1 Å². The Bertz CT molecular complexity index is 988. The van der Waals surface area contributed by atoms with Crippen LogP contribution in [0.5, 0.6) is 0 Å². The zero-order chi connectivity index (χ0) is 22.6. The maximum Gasteiger partial charge on any atom is 0.254 e. The van der Waals surface area contributed by atoms with E-state index in [-0.39, 0.29) is 24.1 Å². The summed E-state index contributed by atoms with van der Waals surface area (Å²) in [6.45, 7) is 4.04. The van der Waals surface area contributed by atoms with E-state index in [1.54, 1.807) is 30.3 Å². The van der Waals surface area contributed by atoms with Crippen LogP contribution in [-0.2, 0) is 16.1 Å². The van der Waals surface area contributed by atoms with Gasteiger partial charge in [0.25, 0.3) is 5.91 Å². The highest BCUT2D eigenvalue weighted by molar-refractivity contribution is 5.99. The first-order chi connectivity index (χ1) is 15.5. The lowest BCUT2D eigenvalue weighted by atomic mass is 9.82. The van der Waals surface area contributed by atoms with Crippen LogP contribution in [0.3, 0.4) is 0 Å². The van der Waals surface area contributed by atoms with E-state index in [4.69, 9.17) is 0 Å². The van der Waals surface area contributed by atoms with Gasteiger partial charge in [0.2, 0.25) is 17.8 Å². The Kier molecular flexibility index (Phi) is 6.34. The summed E-state index contributed by atoms with van der Waals surface area (Å²) in [5.41, 5.74) is 1.08. The maximum absolute atomic E-state index is 13.2. The van der Waals surface area contributed by atoms with Crippen molar-refractivity contribution in [1.82, 2.24) is 25.1 Å². The molecule has 0 spiro atoms. The number of benzene rings is 1. The number of likely N-dealkylation sites (tertiary alicyclic amines) is 1. The van der Waals surface area contributed by atoms with Gasteiger partial charge in [-0.15, -0.1) is 0 Å². The average Bonchev–Trinajstić information content (AvgIpc) is 3.15. The van der Waals surface area contributed by atoms with Crippen molar-refractivity contribution < 1.29 is 14.4 Å². The highest BCUT2D eigenvalue weighted by Crippen LogP contribution is 2.38. The van der Waals surface area contributed by atoms with Crippen LogP contribution in [0.25, 0.3) is 0 Å². The van der Waals surface area contributed by atoms with E-state index in [0.717, 1.165) is 5.56 Å². The predicted molar refractivity (Wildman–Crippen MR) is 119 cm³/mol. The number of aromatic nitrogens is 2. The van der Waals surface area contributed by atoms with Crippen LogP contribution in [0.2, 0.25) is 0 Å².